The Balaban J connectivity index is 2.82. The third kappa shape index (κ3) is 4.84. The van der Waals surface area contributed by atoms with Crippen molar-refractivity contribution in [2.24, 2.45) is 11.3 Å². The molecule has 0 aromatic heterocycles. The van der Waals surface area contributed by atoms with Gasteiger partial charge in [0.15, 0.2) is 0 Å². The highest BCUT2D eigenvalue weighted by Gasteiger charge is 2.59. The van der Waals surface area contributed by atoms with Crippen molar-refractivity contribution in [1.82, 2.24) is 16.0 Å². The standard InChI is InChI=1S/C14H22F3N3O3/c1-8(2)4-9(12(23)18-3)20-11(22)6-13(14(15,16)17)5-10(21)19-7-13/h8-9H,4-7H2,1-3H3,(H,18,23)(H,19,21)(H,20,22)/t9-,13?/m0/s1. The fourth-order valence-corrected chi connectivity index (χ4v) is 2.56. The Kier molecular flexibility index (Phi) is 6.01. The molecule has 23 heavy (non-hydrogen) atoms. The quantitative estimate of drug-likeness (QED) is 0.667. The maximum Gasteiger partial charge on any atom is 0.397 e. The molecule has 1 aliphatic rings. The first-order valence-electron chi connectivity index (χ1n) is 7.35. The minimum Gasteiger partial charge on any atom is -0.357 e. The highest BCUT2D eigenvalue weighted by Crippen LogP contribution is 2.45. The molecule has 1 unspecified atom stereocenters. The molecule has 1 fully saturated rings. The Morgan fingerprint density at radius 1 is 1.35 bits per heavy atom. The van der Waals surface area contributed by atoms with Crippen LogP contribution < -0.4 is 16.0 Å². The van der Waals surface area contributed by atoms with Crippen molar-refractivity contribution in [3.8, 4) is 0 Å². The van der Waals surface area contributed by atoms with Crippen LogP contribution in [0.15, 0.2) is 0 Å². The fourth-order valence-electron chi connectivity index (χ4n) is 2.56. The molecule has 3 N–H and O–H groups in total. The molecule has 1 rings (SSSR count). The summed E-state index contributed by atoms with van der Waals surface area (Å²) in [5.74, 6) is -2.02. The normalized spacial score (nSPS) is 22.7. The third-order valence-electron chi connectivity index (χ3n) is 3.83. The number of hydrogen-bond acceptors (Lipinski definition) is 3. The van der Waals surface area contributed by atoms with Crippen molar-refractivity contribution < 1.29 is 27.6 Å². The summed E-state index contributed by atoms with van der Waals surface area (Å²) >= 11 is 0. The molecule has 0 aliphatic carbocycles. The number of hydrogen-bond donors (Lipinski definition) is 3. The Bertz CT molecular complexity index is 480. The monoisotopic (exact) mass is 337 g/mol. The molecule has 6 nitrogen and oxygen atoms in total. The molecule has 3 amide bonds. The Hall–Kier alpha value is -1.80. The summed E-state index contributed by atoms with van der Waals surface area (Å²) < 4.78 is 39.8. The van der Waals surface area contributed by atoms with E-state index in [0.717, 1.165) is 0 Å². The van der Waals surface area contributed by atoms with Crippen molar-refractivity contribution in [2.45, 2.75) is 45.3 Å². The summed E-state index contributed by atoms with van der Waals surface area (Å²) in [4.78, 5) is 35.0. The summed E-state index contributed by atoms with van der Waals surface area (Å²) in [5, 5.41) is 6.85. The van der Waals surface area contributed by atoms with Gasteiger partial charge in [-0.25, -0.2) is 0 Å². The van der Waals surface area contributed by atoms with Crippen molar-refractivity contribution in [2.75, 3.05) is 13.6 Å². The van der Waals surface area contributed by atoms with Gasteiger partial charge in [-0.2, -0.15) is 13.2 Å². The van der Waals surface area contributed by atoms with E-state index in [9.17, 15) is 27.6 Å². The molecule has 0 aromatic carbocycles. The zero-order chi connectivity index (χ0) is 17.8. The molecule has 9 heteroatoms. The van der Waals surface area contributed by atoms with Gasteiger partial charge in [0, 0.05) is 26.4 Å². The molecule has 1 heterocycles. The summed E-state index contributed by atoms with van der Waals surface area (Å²) in [6.45, 7) is 3.04. The third-order valence-corrected chi connectivity index (χ3v) is 3.83. The Labute approximate surface area is 132 Å². The van der Waals surface area contributed by atoms with E-state index in [0.29, 0.717) is 6.42 Å². The molecule has 1 aliphatic heterocycles. The van der Waals surface area contributed by atoms with E-state index in [1.54, 1.807) is 0 Å². The topological polar surface area (TPSA) is 87.3 Å². The van der Waals surface area contributed by atoms with Crippen LogP contribution >= 0.6 is 0 Å². The second kappa shape index (κ2) is 7.18. The number of carbonyl (C=O) groups excluding carboxylic acids is 3. The Morgan fingerprint density at radius 3 is 2.35 bits per heavy atom. The van der Waals surface area contributed by atoms with E-state index in [1.807, 2.05) is 13.8 Å². The number of rotatable bonds is 6. The van der Waals surface area contributed by atoms with Crippen LogP contribution in [0.25, 0.3) is 0 Å². The second-order valence-electron chi connectivity index (χ2n) is 6.27. The van der Waals surface area contributed by atoms with Crippen molar-refractivity contribution in [3.05, 3.63) is 0 Å². The molecule has 1 saturated heterocycles. The number of amides is 3. The first-order chi connectivity index (χ1) is 10.5. The van der Waals surface area contributed by atoms with Gasteiger partial charge in [0.25, 0.3) is 0 Å². The number of carbonyl (C=O) groups is 3. The van der Waals surface area contributed by atoms with Crippen LogP contribution in [0.1, 0.15) is 33.1 Å². The summed E-state index contributed by atoms with van der Waals surface area (Å²) in [7, 11) is 1.39. The second-order valence-corrected chi connectivity index (χ2v) is 6.27. The summed E-state index contributed by atoms with van der Waals surface area (Å²) in [6.07, 6.45) is -6.05. The van der Waals surface area contributed by atoms with Crippen LogP contribution in [0.5, 0.6) is 0 Å². The average molecular weight is 337 g/mol. The lowest BCUT2D eigenvalue weighted by atomic mass is 9.82. The van der Waals surface area contributed by atoms with Gasteiger partial charge in [0.2, 0.25) is 17.7 Å². The van der Waals surface area contributed by atoms with Crippen molar-refractivity contribution in [3.63, 3.8) is 0 Å². The van der Waals surface area contributed by atoms with Gasteiger partial charge < -0.3 is 16.0 Å². The number of halogens is 3. The Morgan fingerprint density at radius 2 is 1.96 bits per heavy atom. The molecule has 0 spiro atoms. The zero-order valence-corrected chi connectivity index (χ0v) is 13.3. The van der Waals surface area contributed by atoms with Gasteiger partial charge >= 0.3 is 6.18 Å². The van der Waals surface area contributed by atoms with Crippen LogP contribution in [0, 0.1) is 11.3 Å². The largest absolute Gasteiger partial charge is 0.397 e. The van der Waals surface area contributed by atoms with Gasteiger partial charge in [-0.3, -0.25) is 14.4 Å². The summed E-state index contributed by atoms with van der Waals surface area (Å²) in [5.41, 5.74) is -2.42. The zero-order valence-electron chi connectivity index (χ0n) is 13.3. The van der Waals surface area contributed by atoms with Gasteiger partial charge in [-0.15, -0.1) is 0 Å². The lowest BCUT2D eigenvalue weighted by Crippen LogP contribution is -2.50. The van der Waals surface area contributed by atoms with E-state index >= 15 is 0 Å². The molecule has 2 atom stereocenters. The first kappa shape index (κ1) is 19.2. The van der Waals surface area contributed by atoms with Gasteiger partial charge in [-0.05, 0) is 12.3 Å². The minimum atomic E-state index is -4.69. The van der Waals surface area contributed by atoms with E-state index in [-0.39, 0.29) is 5.92 Å². The van der Waals surface area contributed by atoms with Crippen LogP contribution in [-0.4, -0.2) is 43.5 Å². The predicted octanol–water partition coefficient (Wildman–Crippen LogP) is 0.722. The summed E-state index contributed by atoms with van der Waals surface area (Å²) in [6, 6.07) is -0.900. The molecule has 0 radical (unpaired) electrons. The smallest absolute Gasteiger partial charge is 0.357 e. The molecule has 132 valence electrons. The van der Waals surface area contributed by atoms with E-state index in [4.69, 9.17) is 0 Å². The van der Waals surface area contributed by atoms with E-state index in [2.05, 4.69) is 16.0 Å². The molecule has 0 bridgehead atoms. The maximum atomic E-state index is 13.3. The van der Waals surface area contributed by atoms with Crippen LogP contribution in [0.4, 0.5) is 13.2 Å². The van der Waals surface area contributed by atoms with Gasteiger partial charge in [0.05, 0.1) is 0 Å². The van der Waals surface area contributed by atoms with Gasteiger partial charge in [0.1, 0.15) is 11.5 Å². The molecule has 0 saturated carbocycles. The number of nitrogens with one attached hydrogen (secondary N) is 3. The maximum absolute atomic E-state index is 13.3. The lowest BCUT2D eigenvalue weighted by Gasteiger charge is -2.30. The van der Waals surface area contributed by atoms with Crippen molar-refractivity contribution >= 4 is 17.7 Å². The molecule has 0 aromatic rings. The SMILES string of the molecule is CNC(=O)[C@H](CC(C)C)NC(=O)CC1(C(F)(F)F)CNC(=O)C1. The average Bonchev–Trinajstić information content (AvgIpc) is 2.78. The predicted molar refractivity (Wildman–Crippen MR) is 76.2 cm³/mol. The molecular weight excluding hydrogens is 315 g/mol. The highest BCUT2D eigenvalue weighted by atomic mass is 19.4. The lowest BCUT2D eigenvalue weighted by molar-refractivity contribution is -0.219. The van der Waals surface area contributed by atoms with Crippen LogP contribution in [0.2, 0.25) is 0 Å². The first-order valence-corrected chi connectivity index (χ1v) is 7.35. The number of alkyl halides is 3. The number of likely N-dealkylation sites (N-methyl/N-ethyl adjacent to an activating group) is 1. The minimum absolute atomic E-state index is 0.0731. The fraction of sp³-hybridized carbons (Fsp3) is 0.786. The van der Waals surface area contributed by atoms with Crippen molar-refractivity contribution in [1.29, 1.82) is 0 Å². The molecular formula is C14H22F3N3O3. The van der Waals surface area contributed by atoms with Gasteiger partial charge in [-0.1, -0.05) is 13.8 Å². The van der Waals surface area contributed by atoms with Crippen LogP contribution in [0.3, 0.4) is 0 Å². The van der Waals surface area contributed by atoms with Crippen LogP contribution in [-0.2, 0) is 14.4 Å². The van der Waals surface area contributed by atoms with E-state index in [1.165, 1.54) is 7.05 Å². The van der Waals surface area contributed by atoms with E-state index < -0.39 is 54.7 Å². The highest BCUT2D eigenvalue weighted by molar-refractivity contribution is 5.88.